The largest absolute Gasteiger partial charge is 0.390 e. The van der Waals surface area contributed by atoms with E-state index in [1.165, 1.54) is 6.92 Å². The molecular formula is C8H12O3Zn. The fourth-order valence-corrected chi connectivity index (χ4v) is 0.446. The van der Waals surface area contributed by atoms with Crippen LogP contribution in [0.4, 0.5) is 0 Å². The average molecular weight is 222 g/mol. The van der Waals surface area contributed by atoms with E-state index in [4.69, 9.17) is 0 Å². The minimum absolute atomic E-state index is 0. The molecule has 0 saturated heterocycles. The van der Waals surface area contributed by atoms with Crippen LogP contribution in [0.15, 0.2) is 12.2 Å². The van der Waals surface area contributed by atoms with Gasteiger partial charge in [-0.05, 0) is 13.3 Å². The molecule has 0 atom stereocenters. The number of esters is 2. The van der Waals surface area contributed by atoms with Crippen LogP contribution in [0.25, 0.3) is 0 Å². The van der Waals surface area contributed by atoms with E-state index < -0.39 is 11.9 Å². The maximum Gasteiger partial charge on any atom is 0.340 e. The molecule has 0 radical (unpaired) electrons. The molecule has 0 spiro atoms. The molecule has 0 heterocycles. The number of carbonyl (C=O) groups is 2. The molecule has 0 aromatic heterocycles. The maximum atomic E-state index is 10.7. The van der Waals surface area contributed by atoms with Crippen LogP contribution in [0, 0.1) is 0 Å². The Bertz CT molecular complexity index is 187. The van der Waals surface area contributed by atoms with Gasteiger partial charge in [-0.1, -0.05) is 13.5 Å². The van der Waals surface area contributed by atoms with E-state index in [1.807, 2.05) is 6.92 Å². The van der Waals surface area contributed by atoms with E-state index >= 15 is 0 Å². The van der Waals surface area contributed by atoms with Crippen LogP contribution in [0.5, 0.6) is 0 Å². The van der Waals surface area contributed by atoms with Gasteiger partial charge in [0.15, 0.2) is 0 Å². The van der Waals surface area contributed by atoms with Gasteiger partial charge < -0.3 is 4.74 Å². The molecule has 12 heavy (non-hydrogen) atoms. The molecule has 0 aromatic rings. The van der Waals surface area contributed by atoms with E-state index in [-0.39, 0.29) is 31.5 Å². The zero-order valence-electron chi connectivity index (χ0n) is 7.55. The molecule has 64 valence electrons. The van der Waals surface area contributed by atoms with Crippen LogP contribution in [-0.2, 0) is 33.8 Å². The third-order valence-electron chi connectivity index (χ3n) is 1.01. The quantitative estimate of drug-likeness (QED) is 0.313. The molecular weight excluding hydrogens is 209 g/mol. The van der Waals surface area contributed by atoms with E-state index in [0.717, 1.165) is 0 Å². The third-order valence-corrected chi connectivity index (χ3v) is 1.01. The van der Waals surface area contributed by atoms with Gasteiger partial charge in [-0.2, -0.15) is 0 Å². The minimum atomic E-state index is -0.636. The summed E-state index contributed by atoms with van der Waals surface area (Å²) in [5.41, 5.74) is 0.245. The van der Waals surface area contributed by atoms with Gasteiger partial charge in [-0.15, -0.1) is 0 Å². The number of ether oxygens (including phenoxy) is 1. The van der Waals surface area contributed by atoms with E-state index in [2.05, 4.69) is 11.3 Å². The molecule has 0 aliphatic rings. The number of carbonyl (C=O) groups excluding carboxylic acids is 2. The molecule has 0 fully saturated rings. The van der Waals surface area contributed by atoms with Crippen molar-refractivity contribution >= 4 is 11.9 Å². The van der Waals surface area contributed by atoms with Crippen molar-refractivity contribution in [1.82, 2.24) is 0 Å². The topological polar surface area (TPSA) is 43.4 Å². The summed E-state index contributed by atoms with van der Waals surface area (Å²) in [5, 5.41) is 0. The normalized spacial score (nSPS) is 8.17. The Balaban J connectivity index is 0. The zero-order chi connectivity index (χ0) is 8.85. The van der Waals surface area contributed by atoms with Gasteiger partial charge >= 0.3 is 11.9 Å². The first-order valence-electron chi connectivity index (χ1n) is 3.48. The maximum absolute atomic E-state index is 10.7. The van der Waals surface area contributed by atoms with Gasteiger partial charge in [0.05, 0.1) is 0 Å². The first-order valence-corrected chi connectivity index (χ1v) is 3.48. The van der Waals surface area contributed by atoms with Crippen LogP contribution >= 0.6 is 0 Å². The van der Waals surface area contributed by atoms with Crippen LogP contribution in [0.1, 0.15) is 26.7 Å². The standard InChI is InChI=1S/C8H12O3.Zn/c1-4-5-7(9)11-8(10)6(2)3;/h2,4-5H2,1,3H3;. The number of hydrogen-bond donors (Lipinski definition) is 0. The van der Waals surface area contributed by atoms with E-state index in [0.29, 0.717) is 6.42 Å². The molecule has 0 rings (SSSR count). The van der Waals surface area contributed by atoms with Gasteiger partial charge in [0, 0.05) is 31.5 Å². The molecule has 0 aliphatic carbocycles. The molecule has 0 aliphatic heterocycles. The van der Waals surface area contributed by atoms with E-state index in [1.54, 1.807) is 0 Å². The zero-order valence-corrected chi connectivity index (χ0v) is 10.5. The van der Waals surface area contributed by atoms with Gasteiger partial charge in [-0.25, -0.2) is 4.79 Å². The van der Waals surface area contributed by atoms with Crippen molar-refractivity contribution < 1.29 is 33.8 Å². The smallest absolute Gasteiger partial charge is 0.340 e. The van der Waals surface area contributed by atoms with Crippen molar-refractivity contribution in [1.29, 1.82) is 0 Å². The van der Waals surface area contributed by atoms with Crippen LogP contribution in [0.2, 0.25) is 0 Å². The van der Waals surface area contributed by atoms with Crippen molar-refractivity contribution in [2.24, 2.45) is 0 Å². The summed E-state index contributed by atoms with van der Waals surface area (Å²) in [7, 11) is 0. The molecule has 0 aromatic carbocycles. The summed E-state index contributed by atoms with van der Waals surface area (Å²) in [5.74, 6) is -1.12. The molecule has 4 heteroatoms. The summed E-state index contributed by atoms with van der Waals surface area (Å²) in [6, 6.07) is 0. The first-order chi connectivity index (χ1) is 5.07. The second-order valence-corrected chi connectivity index (χ2v) is 2.29. The summed E-state index contributed by atoms with van der Waals surface area (Å²) < 4.78 is 4.37. The van der Waals surface area contributed by atoms with E-state index in [9.17, 15) is 9.59 Å². The first kappa shape index (κ1) is 14.1. The Morgan fingerprint density at radius 2 is 1.92 bits per heavy atom. The number of hydrogen-bond acceptors (Lipinski definition) is 3. The van der Waals surface area contributed by atoms with Crippen LogP contribution in [0.3, 0.4) is 0 Å². The van der Waals surface area contributed by atoms with Crippen LogP contribution < -0.4 is 0 Å². The monoisotopic (exact) mass is 220 g/mol. The van der Waals surface area contributed by atoms with Crippen LogP contribution in [-0.4, -0.2) is 11.9 Å². The molecule has 0 bridgehead atoms. The van der Waals surface area contributed by atoms with Crippen molar-refractivity contribution in [3.8, 4) is 0 Å². The molecule has 0 saturated carbocycles. The summed E-state index contributed by atoms with van der Waals surface area (Å²) in [6.45, 7) is 6.68. The van der Waals surface area contributed by atoms with Crippen molar-refractivity contribution in [2.75, 3.05) is 0 Å². The van der Waals surface area contributed by atoms with Gasteiger partial charge in [0.1, 0.15) is 0 Å². The average Bonchev–Trinajstić information content (AvgIpc) is 1.87. The third kappa shape index (κ3) is 6.23. The summed E-state index contributed by atoms with van der Waals surface area (Å²) in [4.78, 5) is 21.4. The fourth-order valence-electron chi connectivity index (χ4n) is 0.446. The Hall–Kier alpha value is -0.497. The second kappa shape index (κ2) is 7.17. The molecule has 3 nitrogen and oxygen atoms in total. The Labute approximate surface area is 84.9 Å². The molecule has 0 unspecified atom stereocenters. The van der Waals surface area contributed by atoms with Crippen molar-refractivity contribution in [3.05, 3.63) is 12.2 Å². The Morgan fingerprint density at radius 3 is 2.25 bits per heavy atom. The molecule has 0 N–H and O–H groups in total. The SMILES string of the molecule is C=C(C)C(=O)OC(=O)CCC.[Zn]. The summed E-state index contributed by atoms with van der Waals surface area (Å²) in [6.07, 6.45) is 0.960. The van der Waals surface area contributed by atoms with Crippen molar-refractivity contribution in [3.63, 3.8) is 0 Å². The fraction of sp³-hybridized carbons (Fsp3) is 0.500. The van der Waals surface area contributed by atoms with Gasteiger partial charge in [-0.3, -0.25) is 4.79 Å². The van der Waals surface area contributed by atoms with Crippen molar-refractivity contribution in [2.45, 2.75) is 26.7 Å². The molecule has 0 amide bonds. The minimum Gasteiger partial charge on any atom is -0.390 e. The van der Waals surface area contributed by atoms with Gasteiger partial charge in [0.25, 0.3) is 0 Å². The number of rotatable bonds is 3. The predicted octanol–water partition coefficient (Wildman–Crippen LogP) is 1.43. The predicted molar refractivity (Wildman–Crippen MR) is 40.8 cm³/mol. The van der Waals surface area contributed by atoms with Gasteiger partial charge in [0.2, 0.25) is 0 Å². The summed E-state index contributed by atoms with van der Waals surface area (Å²) >= 11 is 0. The Morgan fingerprint density at radius 1 is 1.42 bits per heavy atom. The Kier molecular flexibility index (Phi) is 8.39. The second-order valence-electron chi connectivity index (χ2n) is 2.29.